The highest BCUT2D eigenvalue weighted by atomic mass is 16.3. The van der Waals surface area contributed by atoms with Gasteiger partial charge in [0.1, 0.15) is 5.75 Å². The average molecular weight is 359 g/mol. The first-order valence-electron chi connectivity index (χ1n) is 10.0. The van der Waals surface area contributed by atoms with Gasteiger partial charge in [-0.1, -0.05) is 19.1 Å². The monoisotopic (exact) mass is 359 g/mol. The quantitative estimate of drug-likeness (QED) is 0.736. The predicted octanol–water partition coefficient (Wildman–Crippen LogP) is 4.91. The molecule has 0 bridgehead atoms. The number of Topliss-reactive ketones (excluding diaryl/α,β-unsaturated/α-hetero) is 1. The van der Waals surface area contributed by atoms with E-state index in [4.69, 9.17) is 0 Å². The maximum absolute atomic E-state index is 13.3. The molecule has 0 spiro atoms. The summed E-state index contributed by atoms with van der Waals surface area (Å²) >= 11 is 0. The van der Waals surface area contributed by atoms with Gasteiger partial charge in [0.2, 0.25) is 0 Å². The molecule has 27 heavy (non-hydrogen) atoms. The first kappa shape index (κ1) is 16.7. The van der Waals surface area contributed by atoms with Crippen LogP contribution in [0, 0.1) is 17.3 Å². The first-order valence-corrected chi connectivity index (χ1v) is 10.0. The van der Waals surface area contributed by atoms with Gasteiger partial charge in [-0.05, 0) is 96.4 Å². The molecule has 1 aromatic heterocycles. The van der Waals surface area contributed by atoms with E-state index in [9.17, 15) is 9.90 Å². The third-order valence-electron chi connectivity index (χ3n) is 7.38. The third-order valence-corrected chi connectivity index (χ3v) is 7.38. The highest BCUT2D eigenvalue weighted by Crippen LogP contribution is 2.60. The Balaban J connectivity index is 1.50. The highest BCUT2D eigenvalue weighted by molar-refractivity contribution is 6.05. The zero-order valence-electron chi connectivity index (χ0n) is 15.7. The minimum absolute atomic E-state index is 0.219. The van der Waals surface area contributed by atoms with Crippen molar-refractivity contribution < 1.29 is 9.90 Å². The Bertz CT molecular complexity index is 933. The van der Waals surface area contributed by atoms with E-state index in [1.165, 1.54) is 11.1 Å². The minimum atomic E-state index is -0.219. The summed E-state index contributed by atoms with van der Waals surface area (Å²) in [6.07, 6.45) is 10.7. The number of aromatic nitrogens is 1. The maximum atomic E-state index is 13.3. The molecule has 5 rings (SSSR count). The zero-order valence-corrected chi connectivity index (χ0v) is 15.7. The Morgan fingerprint density at radius 3 is 2.96 bits per heavy atom. The van der Waals surface area contributed by atoms with Crippen LogP contribution in [0.1, 0.15) is 55.2 Å². The molecule has 3 aliphatic carbocycles. The molecule has 4 atom stereocenters. The highest BCUT2D eigenvalue weighted by Gasteiger charge is 2.56. The number of phenols is 1. The molecule has 1 heterocycles. The number of ketones is 1. The van der Waals surface area contributed by atoms with Gasteiger partial charge in [0.05, 0.1) is 0 Å². The van der Waals surface area contributed by atoms with Gasteiger partial charge in [0.25, 0.3) is 0 Å². The fourth-order valence-corrected chi connectivity index (χ4v) is 6.03. The Labute approximate surface area is 160 Å². The lowest BCUT2D eigenvalue weighted by Gasteiger charge is -2.48. The van der Waals surface area contributed by atoms with E-state index < -0.39 is 0 Å². The normalized spacial score (nSPS) is 33.4. The van der Waals surface area contributed by atoms with Gasteiger partial charge >= 0.3 is 0 Å². The van der Waals surface area contributed by atoms with Gasteiger partial charge in [0, 0.05) is 17.8 Å². The van der Waals surface area contributed by atoms with Gasteiger partial charge in [-0.15, -0.1) is 0 Å². The Morgan fingerprint density at radius 2 is 2.15 bits per heavy atom. The molecular formula is C24H25NO2. The molecule has 1 N–H and O–H groups in total. The van der Waals surface area contributed by atoms with E-state index in [2.05, 4.69) is 24.1 Å². The summed E-state index contributed by atoms with van der Waals surface area (Å²) in [5, 5.41) is 9.83. The van der Waals surface area contributed by atoms with Crippen molar-refractivity contribution in [2.24, 2.45) is 17.3 Å². The molecule has 3 aliphatic rings. The number of aromatic hydroxyl groups is 1. The number of carbonyl (C=O) groups excluding carboxylic acids is 1. The zero-order chi connectivity index (χ0) is 18.6. The average Bonchev–Trinajstić information content (AvgIpc) is 2.93. The van der Waals surface area contributed by atoms with Crippen LogP contribution in [0.4, 0.5) is 0 Å². The first-order chi connectivity index (χ1) is 13.1. The van der Waals surface area contributed by atoms with Crippen molar-refractivity contribution in [3.63, 3.8) is 0 Å². The number of rotatable bonds is 1. The van der Waals surface area contributed by atoms with Crippen LogP contribution in [-0.2, 0) is 11.2 Å². The Morgan fingerprint density at radius 1 is 1.26 bits per heavy atom. The fourth-order valence-electron chi connectivity index (χ4n) is 6.03. The number of hydrogen-bond donors (Lipinski definition) is 1. The number of benzene rings is 1. The number of allylic oxidation sites excluding steroid dienone is 1. The number of hydrogen-bond acceptors (Lipinski definition) is 3. The van der Waals surface area contributed by atoms with Crippen LogP contribution in [0.5, 0.6) is 5.75 Å². The van der Waals surface area contributed by atoms with Gasteiger partial charge in [-0.25, -0.2) is 0 Å². The molecule has 3 nitrogen and oxygen atoms in total. The third kappa shape index (κ3) is 2.55. The number of fused-ring (bicyclic) bond motifs is 5. The molecule has 2 aromatic rings. The molecule has 138 valence electrons. The number of nitrogens with zero attached hydrogens (tertiary/aromatic N) is 1. The minimum Gasteiger partial charge on any atom is -0.508 e. The summed E-state index contributed by atoms with van der Waals surface area (Å²) in [6, 6.07) is 9.82. The van der Waals surface area contributed by atoms with Gasteiger partial charge in [0.15, 0.2) is 5.78 Å². The molecule has 1 aromatic carbocycles. The second-order valence-corrected chi connectivity index (χ2v) is 8.74. The fraction of sp³-hybridized carbons (Fsp3) is 0.417. The summed E-state index contributed by atoms with van der Waals surface area (Å²) in [4.78, 5) is 17.5. The van der Waals surface area contributed by atoms with Crippen LogP contribution in [0.25, 0.3) is 6.08 Å². The van der Waals surface area contributed by atoms with Crippen molar-refractivity contribution in [2.45, 2.75) is 44.9 Å². The molecule has 2 saturated carbocycles. The van der Waals surface area contributed by atoms with Crippen LogP contribution in [0.15, 0.2) is 48.3 Å². The molecule has 0 radical (unpaired) electrons. The maximum Gasteiger partial charge on any atom is 0.165 e. The van der Waals surface area contributed by atoms with Crippen LogP contribution >= 0.6 is 0 Å². The molecule has 3 heteroatoms. The topological polar surface area (TPSA) is 50.2 Å². The lowest BCUT2D eigenvalue weighted by atomic mass is 9.55. The molecule has 0 amide bonds. The molecule has 2 fully saturated rings. The molecule has 0 saturated heterocycles. The van der Waals surface area contributed by atoms with Gasteiger partial charge < -0.3 is 5.11 Å². The lowest BCUT2D eigenvalue weighted by Crippen LogP contribution is -2.42. The Kier molecular flexibility index (Phi) is 3.75. The Hall–Kier alpha value is -2.42. The van der Waals surface area contributed by atoms with Crippen molar-refractivity contribution in [3.8, 4) is 5.75 Å². The van der Waals surface area contributed by atoms with Gasteiger partial charge in [-0.3, -0.25) is 9.78 Å². The summed E-state index contributed by atoms with van der Waals surface area (Å²) in [6.45, 7) is 2.20. The van der Waals surface area contributed by atoms with E-state index in [1.54, 1.807) is 6.20 Å². The van der Waals surface area contributed by atoms with Crippen molar-refractivity contribution >= 4 is 11.9 Å². The largest absolute Gasteiger partial charge is 0.508 e. The van der Waals surface area contributed by atoms with Crippen LogP contribution in [-0.4, -0.2) is 15.9 Å². The second kappa shape index (κ2) is 6.05. The smallest absolute Gasteiger partial charge is 0.165 e. The summed E-state index contributed by atoms with van der Waals surface area (Å²) < 4.78 is 0. The van der Waals surface area contributed by atoms with Crippen molar-refractivity contribution in [1.29, 1.82) is 0 Å². The van der Waals surface area contributed by atoms with Crippen molar-refractivity contribution in [1.82, 2.24) is 4.98 Å². The van der Waals surface area contributed by atoms with Crippen molar-refractivity contribution in [3.05, 3.63) is 65.0 Å². The van der Waals surface area contributed by atoms with Crippen molar-refractivity contribution in [2.75, 3.05) is 0 Å². The summed E-state index contributed by atoms with van der Waals surface area (Å²) in [7, 11) is 0. The van der Waals surface area contributed by atoms with Crippen LogP contribution < -0.4 is 0 Å². The standard InChI is InChI=1S/C24H25NO2/c1-24-9-8-20-19-7-5-18(26)12-16(19)4-6-21(20)22(24)13-17(23(24)27)11-15-3-2-10-25-14-15/h2-3,5,7,10-12,14,20-22,26H,4,6,8-9,13H2,1H3/b17-11+/t20?,21?,22?,24-/m0/s1. The summed E-state index contributed by atoms with van der Waals surface area (Å²) in [5.41, 5.74) is 4.49. The van der Waals surface area contributed by atoms with E-state index in [0.29, 0.717) is 29.3 Å². The number of aryl methyl sites for hydroxylation is 1. The van der Waals surface area contributed by atoms with E-state index in [0.717, 1.165) is 43.2 Å². The summed E-state index contributed by atoms with van der Waals surface area (Å²) in [5.74, 6) is 2.23. The predicted molar refractivity (Wildman–Crippen MR) is 105 cm³/mol. The van der Waals surface area contributed by atoms with Crippen LogP contribution in [0.3, 0.4) is 0 Å². The number of carbonyl (C=O) groups is 1. The van der Waals surface area contributed by atoms with E-state index in [-0.39, 0.29) is 5.41 Å². The van der Waals surface area contributed by atoms with E-state index >= 15 is 0 Å². The molecular weight excluding hydrogens is 334 g/mol. The second-order valence-electron chi connectivity index (χ2n) is 8.74. The van der Waals surface area contributed by atoms with E-state index in [1.807, 2.05) is 30.5 Å². The number of pyridine rings is 1. The lowest BCUT2D eigenvalue weighted by molar-refractivity contribution is -0.127. The number of phenolic OH excluding ortho intramolecular Hbond substituents is 1. The molecule has 0 aliphatic heterocycles. The van der Waals surface area contributed by atoms with Gasteiger partial charge in [-0.2, -0.15) is 0 Å². The SMILES string of the molecule is C[C@]12CCC3c4ccc(O)cc4CCC3C1C/C(=C\c1cccnc1)C2=O. The molecule has 3 unspecified atom stereocenters. The van der Waals surface area contributed by atoms with Crippen LogP contribution in [0.2, 0.25) is 0 Å².